The van der Waals surface area contributed by atoms with Crippen LogP contribution in [0.15, 0.2) is 24.3 Å². The zero-order valence-corrected chi connectivity index (χ0v) is 11.7. The van der Waals surface area contributed by atoms with Crippen molar-refractivity contribution in [3.63, 3.8) is 0 Å². The first-order valence-electron chi connectivity index (χ1n) is 7.07. The maximum absolute atomic E-state index is 10.9. The Hall–Kier alpha value is -0.860. The summed E-state index contributed by atoms with van der Waals surface area (Å²) in [7, 11) is 0. The van der Waals surface area contributed by atoms with Gasteiger partial charge in [0.25, 0.3) is 0 Å². The van der Waals surface area contributed by atoms with Gasteiger partial charge in [-0.15, -0.1) is 0 Å². The second kappa shape index (κ2) is 5.41. The van der Waals surface area contributed by atoms with Gasteiger partial charge in [0.15, 0.2) is 0 Å². The SMILES string of the molecule is CCC1CCNC(C(C)(O)c2ccccc2C)C1. The lowest BCUT2D eigenvalue weighted by Crippen LogP contribution is -2.51. The highest BCUT2D eigenvalue weighted by atomic mass is 16.3. The largest absolute Gasteiger partial charge is 0.384 e. The smallest absolute Gasteiger partial charge is 0.102 e. The molecule has 0 bridgehead atoms. The van der Waals surface area contributed by atoms with E-state index in [1.54, 1.807) is 0 Å². The summed E-state index contributed by atoms with van der Waals surface area (Å²) in [6, 6.07) is 8.32. The lowest BCUT2D eigenvalue weighted by Gasteiger charge is -2.40. The highest BCUT2D eigenvalue weighted by Gasteiger charge is 2.37. The summed E-state index contributed by atoms with van der Waals surface area (Å²) in [5, 5.41) is 14.4. The van der Waals surface area contributed by atoms with Crippen molar-refractivity contribution < 1.29 is 5.11 Å². The molecule has 0 radical (unpaired) electrons. The van der Waals surface area contributed by atoms with Gasteiger partial charge in [0.1, 0.15) is 5.60 Å². The van der Waals surface area contributed by atoms with E-state index in [1.807, 2.05) is 25.1 Å². The summed E-state index contributed by atoms with van der Waals surface area (Å²) in [5.74, 6) is 0.742. The van der Waals surface area contributed by atoms with Crippen LogP contribution in [0, 0.1) is 12.8 Å². The van der Waals surface area contributed by atoms with Crippen molar-refractivity contribution in [2.75, 3.05) is 6.54 Å². The minimum Gasteiger partial charge on any atom is -0.384 e. The molecular formula is C16H25NO. The van der Waals surface area contributed by atoms with Crippen LogP contribution in [0.5, 0.6) is 0 Å². The van der Waals surface area contributed by atoms with Crippen molar-refractivity contribution in [3.05, 3.63) is 35.4 Å². The van der Waals surface area contributed by atoms with Gasteiger partial charge >= 0.3 is 0 Å². The molecule has 1 aromatic rings. The molecule has 1 heterocycles. The molecule has 2 heteroatoms. The van der Waals surface area contributed by atoms with E-state index in [2.05, 4.69) is 25.2 Å². The van der Waals surface area contributed by atoms with Gasteiger partial charge in [-0.25, -0.2) is 0 Å². The number of nitrogens with one attached hydrogen (secondary N) is 1. The fourth-order valence-electron chi connectivity index (χ4n) is 3.12. The highest BCUT2D eigenvalue weighted by Crippen LogP contribution is 2.33. The van der Waals surface area contributed by atoms with Gasteiger partial charge in [-0.3, -0.25) is 0 Å². The molecule has 1 aromatic carbocycles. The molecule has 0 saturated carbocycles. The molecule has 2 rings (SSSR count). The molecule has 1 saturated heterocycles. The molecule has 3 atom stereocenters. The number of piperidine rings is 1. The number of hydrogen-bond donors (Lipinski definition) is 2. The first-order chi connectivity index (χ1) is 8.55. The average Bonchev–Trinajstić information content (AvgIpc) is 2.39. The van der Waals surface area contributed by atoms with E-state index in [0.29, 0.717) is 0 Å². The molecule has 0 amide bonds. The summed E-state index contributed by atoms with van der Waals surface area (Å²) in [6.45, 7) is 7.29. The van der Waals surface area contributed by atoms with Crippen LogP contribution in [-0.2, 0) is 5.60 Å². The van der Waals surface area contributed by atoms with Crippen LogP contribution < -0.4 is 5.32 Å². The summed E-state index contributed by atoms with van der Waals surface area (Å²) in [6.07, 6.45) is 3.51. The normalized spacial score (nSPS) is 27.8. The molecule has 1 aliphatic heterocycles. The molecule has 0 spiro atoms. The maximum Gasteiger partial charge on any atom is 0.102 e. The van der Waals surface area contributed by atoms with Gasteiger partial charge in [-0.05, 0) is 50.3 Å². The van der Waals surface area contributed by atoms with Crippen LogP contribution in [0.4, 0.5) is 0 Å². The highest BCUT2D eigenvalue weighted by molar-refractivity contribution is 5.32. The standard InChI is InChI=1S/C16H25NO/c1-4-13-9-10-17-15(11-13)16(3,18)14-8-6-5-7-12(14)2/h5-8,13,15,17-18H,4,9-11H2,1-3H3. The number of benzene rings is 1. The zero-order valence-electron chi connectivity index (χ0n) is 11.7. The molecular weight excluding hydrogens is 222 g/mol. The lowest BCUT2D eigenvalue weighted by molar-refractivity contribution is -0.00359. The minimum atomic E-state index is -0.779. The predicted octanol–water partition coefficient (Wildman–Crippen LogP) is 2.98. The Bertz CT molecular complexity index is 400. The predicted molar refractivity (Wildman–Crippen MR) is 75.6 cm³/mol. The molecule has 1 fully saturated rings. The van der Waals surface area contributed by atoms with Gasteiger partial charge in [0.05, 0.1) is 0 Å². The molecule has 1 aliphatic rings. The minimum absolute atomic E-state index is 0.164. The van der Waals surface area contributed by atoms with E-state index in [0.717, 1.165) is 24.4 Å². The molecule has 3 unspecified atom stereocenters. The first kappa shape index (κ1) is 13.6. The van der Waals surface area contributed by atoms with E-state index in [9.17, 15) is 5.11 Å². The fourth-order valence-corrected chi connectivity index (χ4v) is 3.12. The third-order valence-electron chi connectivity index (χ3n) is 4.46. The quantitative estimate of drug-likeness (QED) is 0.860. The Morgan fingerprint density at radius 2 is 2.11 bits per heavy atom. The Morgan fingerprint density at radius 1 is 1.39 bits per heavy atom. The average molecular weight is 247 g/mol. The van der Waals surface area contributed by atoms with Crippen molar-refractivity contribution in [2.45, 2.75) is 51.7 Å². The monoisotopic (exact) mass is 247 g/mol. The van der Waals surface area contributed by atoms with Crippen molar-refractivity contribution >= 4 is 0 Å². The Labute approximate surface area is 110 Å². The van der Waals surface area contributed by atoms with Crippen LogP contribution in [-0.4, -0.2) is 17.7 Å². The fraction of sp³-hybridized carbons (Fsp3) is 0.625. The molecule has 0 aromatic heterocycles. The Kier molecular flexibility index (Phi) is 4.08. The number of aryl methyl sites for hydroxylation is 1. The molecule has 2 N–H and O–H groups in total. The van der Waals surface area contributed by atoms with Crippen molar-refractivity contribution in [1.29, 1.82) is 0 Å². The summed E-state index contributed by atoms with van der Waals surface area (Å²) in [4.78, 5) is 0. The van der Waals surface area contributed by atoms with Crippen LogP contribution in [0.25, 0.3) is 0 Å². The Balaban J connectivity index is 2.22. The number of rotatable bonds is 3. The third kappa shape index (κ3) is 2.60. The second-order valence-electron chi connectivity index (χ2n) is 5.77. The van der Waals surface area contributed by atoms with Gasteiger partial charge in [0, 0.05) is 6.04 Å². The zero-order chi connectivity index (χ0) is 13.2. The summed E-state index contributed by atoms with van der Waals surface area (Å²) in [5.41, 5.74) is 1.45. The van der Waals surface area contributed by atoms with Gasteiger partial charge < -0.3 is 10.4 Å². The van der Waals surface area contributed by atoms with E-state index in [1.165, 1.54) is 18.4 Å². The van der Waals surface area contributed by atoms with Crippen molar-refractivity contribution in [3.8, 4) is 0 Å². The second-order valence-corrected chi connectivity index (χ2v) is 5.77. The van der Waals surface area contributed by atoms with Gasteiger partial charge in [-0.1, -0.05) is 37.6 Å². The van der Waals surface area contributed by atoms with E-state index in [4.69, 9.17) is 0 Å². The maximum atomic E-state index is 10.9. The topological polar surface area (TPSA) is 32.3 Å². The molecule has 100 valence electrons. The molecule has 0 aliphatic carbocycles. The first-order valence-corrected chi connectivity index (χ1v) is 7.07. The molecule has 2 nitrogen and oxygen atoms in total. The number of aliphatic hydroxyl groups is 1. The third-order valence-corrected chi connectivity index (χ3v) is 4.46. The van der Waals surface area contributed by atoms with Gasteiger partial charge in [-0.2, -0.15) is 0 Å². The van der Waals surface area contributed by atoms with Gasteiger partial charge in [0.2, 0.25) is 0 Å². The Morgan fingerprint density at radius 3 is 2.78 bits per heavy atom. The summed E-state index contributed by atoms with van der Waals surface area (Å²) < 4.78 is 0. The molecule has 18 heavy (non-hydrogen) atoms. The number of hydrogen-bond acceptors (Lipinski definition) is 2. The summed E-state index contributed by atoms with van der Waals surface area (Å²) >= 11 is 0. The lowest BCUT2D eigenvalue weighted by atomic mass is 9.78. The van der Waals surface area contributed by atoms with E-state index < -0.39 is 5.60 Å². The van der Waals surface area contributed by atoms with Crippen LogP contribution in [0.2, 0.25) is 0 Å². The van der Waals surface area contributed by atoms with Crippen molar-refractivity contribution in [2.24, 2.45) is 5.92 Å². The van der Waals surface area contributed by atoms with E-state index in [-0.39, 0.29) is 6.04 Å². The van der Waals surface area contributed by atoms with Crippen LogP contribution in [0.1, 0.15) is 44.2 Å². The van der Waals surface area contributed by atoms with Crippen molar-refractivity contribution in [1.82, 2.24) is 5.32 Å². The van der Waals surface area contributed by atoms with E-state index >= 15 is 0 Å². The van der Waals surface area contributed by atoms with Crippen LogP contribution >= 0.6 is 0 Å². The van der Waals surface area contributed by atoms with Crippen LogP contribution in [0.3, 0.4) is 0 Å².